The molecule has 1 aliphatic rings. The van der Waals surface area contributed by atoms with Crippen LogP contribution in [0.25, 0.3) is 0 Å². The minimum atomic E-state index is 0.456. The molecule has 0 aromatic carbocycles. The van der Waals surface area contributed by atoms with Gasteiger partial charge in [-0.05, 0) is 12.8 Å². The maximum atomic E-state index is 5.52. The van der Waals surface area contributed by atoms with E-state index in [0.717, 1.165) is 24.9 Å². The zero-order valence-corrected chi connectivity index (χ0v) is 7.90. The minimum Gasteiger partial charge on any atom is -0.341 e. The lowest BCUT2D eigenvalue weighted by atomic mass is 10.4. The number of anilines is 1. The van der Waals surface area contributed by atoms with Crippen molar-refractivity contribution in [2.75, 3.05) is 18.0 Å². The minimum absolute atomic E-state index is 0.456. The predicted molar refractivity (Wildman–Crippen MR) is 50.3 cm³/mol. The van der Waals surface area contributed by atoms with Crippen molar-refractivity contribution in [3.63, 3.8) is 0 Å². The first kappa shape index (κ1) is 8.50. The van der Waals surface area contributed by atoms with Crippen LogP contribution in [-0.4, -0.2) is 27.9 Å². The summed E-state index contributed by atoms with van der Waals surface area (Å²) < 4.78 is 1.98. The van der Waals surface area contributed by atoms with Crippen molar-refractivity contribution in [2.45, 2.75) is 19.4 Å². The Labute approximate surface area is 77.5 Å². The van der Waals surface area contributed by atoms with Gasteiger partial charge in [0.25, 0.3) is 0 Å². The van der Waals surface area contributed by atoms with E-state index in [9.17, 15) is 0 Å². The number of nitrogens with two attached hydrogens (primary N) is 1. The highest BCUT2D eigenvalue weighted by molar-refractivity contribution is 5.31. The van der Waals surface area contributed by atoms with Crippen LogP contribution in [0.4, 0.5) is 5.95 Å². The van der Waals surface area contributed by atoms with Gasteiger partial charge in [0, 0.05) is 20.1 Å². The van der Waals surface area contributed by atoms with Crippen LogP contribution in [-0.2, 0) is 13.6 Å². The van der Waals surface area contributed by atoms with Crippen LogP contribution >= 0.6 is 0 Å². The van der Waals surface area contributed by atoms with Gasteiger partial charge in [-0.15, -0.1) is 10.2 Å². The van der Waals surface area contributed by atoms with Crippen LogP contribution in [0.2, 0.25) is 0 Å². The van der Waals surface area contributed by atoms with E-state index >= 15 is 0 Å². The molecule has 13 heavy (non-hydrogen) atoms. The van der Waals surface area contributed by atoms with Crippen LogP contribution in [0, 0.1) is 0 Å². The van der Waals surface area contributed by atoms with Crippen molar-refractivity contribution in [1.82, 2.24) is 14.8 Å². The van der Waals surface area contributed by atoms with Gasteiger partial charge in [-0.1, -0.05) is 0 Å². The molecule has 0 atom stereocenters. The third kappa shape index (κ3) is 1.39. The molecule has 72 valence electrons. The molecule has 0 spiro atoms. The molecular formula is C8H15N5. The summed E-state index contributed by atoms with van der Waals surface area (Å²) in [7, 11) is 1.97. The second-order valence-corrected chi connectivity index (χ2v) is 3.37. The molecular weight excluding hydrogens is 166 g/mol. The molecule has 5 heteroatoms. The highest BCUT2D eigenvalue weighted by Crippen LogP contribution is 2.17. The topological polar surface area (TPSA) is 60.0 Å². The Kier molecular flexibility index (Phi) is 2.18. The van der Waals surface area contributed by atoms with Crippen LogP contribution in [0.3, 0.4) is 0 Å². The molecule has 0 saturated carbocycles. The van der Waals surface area contributed by atoms with Crippen LogP contribution in [0.5, 0.6) is 0 Å². The van der Waals surface area contributed by atoms with Gasteiger partial charge in [0.15, 0.2) is 0 Å². The lowest BCUT2D eigenvalue weighted by molar-refractivity contribution is 0.768. The van der Waals surface area contributed by atoms with Crippen molar-refractivity contribution in [2.24, 2.45) is 12.8 Å². The van der Waals surface area contributed by atoms with Crippen LogP contribution in [0.15, 0.2) is 0 Å². The molecule has 0 amide bonds. The molecule has 1 saturated heterocycles. The fourth-order valence-electron chi connectivity index (χ4n) is 1.72. The molecule has 2 heterocycles. The largest absolute Gasteiger partial charge is 0.341 e. The normalized spacial score (nSPS) is 16.9. The van der Waals surface area contributed by atoms with Gasteiger partial charge in [-0.2, -0.15) is 0 Å². The van der Waals surface area contributed by atoms with E-state index in [4.69, 9.17) is 5.73 Å². The first-order chi connectivity index (χ1) is 6.33. The number of aromatic nitrogens is 3. The number of hydrogen-bond acceptors (Lipinski definition) is 4. The van der Waals surface area contributed by atoms with E-state index in [-0.39, 0.29) is 0 Å². The summed E-state index contributed by atoms with van der Waals surface area (Å²) in [6.07, 6.45) is 2.51. The van der Waals surface area contributed by atoms with Crippen molar-refractivity contribution in [3.8, 4) is 0 Å². The van der Waals surface area contributed by atoms with Gasteiger partial charge in [0.05, 0.1) is 6.54 Å². The molecule has 0 unspecified atom stereocenters. The van der Waals surface area contributed by atoms with E-state index in [2.05, 4.69) is 15.1 Å². The van der Waals surface area contributed by atoms with E-state index in [0.29, 0.717) is 6.54 Å². The van der Waals surface area contributed by atoms with Gasteiger partial charge < -0.3 is 10.6 Å². The molecule has 0 radical (unpaired) electrons. The number of hydrogen-bond donors (Lipinski definition) is 1. The molecule has 1 fully saturated rings. The van der Waals surface area contributed by atoms with Gasteiger partial charge in [-0.25, -0.2) is 0 Å². The van der Waals surface area contributed by atoms with Crippen molar-refractivity contribution in [1.29, 1.82) is 0 Å². The Bertz CT molecular complexity index is 287. The quantitative estimate of drug-likeness (QED) is 0.690. The molecule has 1 aromatic rings. The zero-order valence-electron chi connectivity index (χ0n) is 7.90. The lowest BCUT2D eigenvalue weighted by Gasteiger charge is -2.15. The fraction of sp³-hybridized carbons (Fsp3) is 0.750. The second-order valence-electron chi connectivity index (χ2n) is 3.37. The highest BCUT2D eigenvalue weighted by atomic mass is 15.4. The standard InChI is InChI=1S/C8H15N5/c1-12-7(6-9)10-11-8(12)13-4-2-3-5-13/h2-6,9H2,1H3. The third-order valence-corrected chi connectivity index (χ3v) is 2.51. The van der Waals surface area contributed by atoms with Gasteiger partial charge >= 0.3 is 0 Å². The summed E-state index contributed by atoms with van der Waals surface area (Å²) in [4.78, 5) is 2.26. The van der Waals surface area contributed by atoms with E-state index in [1.807, 2.05) is 11.6 Å². The fourth-order valence-corrected chi connectivity index (χ4v) is 1.72. The first-order valence-electron chi connectivity index (χ1n) is 4.66. The summed E-state index contributed by atoms with van der Waals surface area (Å²) in [5.74, 6) is 1.81. The monoisotopic (exact) mass is 181 g/mol. The number of nitrogens with zero attached hydrogens (tertiary/aromatic N) is 4. The van der Waals surface area contributed by atoms with E-state index < -0.39 is 0 Å². The SMILES string of the molecule is Cn1c(CN)nnc1N1CCCC1. The third-order valence-electron chi connectivity index (χ3n) is 2.51. The maximum absolute atomic E-state index is 5.52. The average molecular weight is 181 g/mol. The van der Waals surface area contributed by atoms with Crippen LogP contribution in [0.1, 0.15) is 18.7 Å². The Morgan fingerprint density at radius 3 is 2.54 bits per heavy atom. The Morgan fingerprint density at radius 2 is 2.00 bits per heavy atom. The second kappa shape index (κ2) is 3.33. The zero-order chi connectivity index (χ0) is 9.26. The van der Waals surface area contributed by atoms with Gasteiger partial charge in [0.2, 0.25) is 5.95 Å². The molecule has 0 bridgehead atoms. The predicted octanol–water partition coefficient (Wildman–Crippen LogP) is -0.126. The van der Waals surface area contributed by atoms with Crippen molar-refractivity contribution in [3.05, 3.63) is 5.82 Å². The summed E-state index contributed by atoms with van der Waals surface area (Å²) in [5.41, 5.74) is 5.52. The number of rotatable bonds is 2. The van der Waals surface area contributed by atoms with E-state index in [1.54, 1.807) is 0 Å². The summed E-state index contributed by atoms with van der Waals surface area (Å²) >= 11 is 0. The summed E-state index contributed by atoms with van der Waals surface area (Å²) in [6.45, 7) is 2.64. The highest BCUT2D eigenvalue weighted by Gasteiger charge is 2.18. The summed E-state index contributed by atoms with van der Waals surface area (Å²) in [5, 5.41) is 8.15. The van der Waals surface area contributed by atoms with Crippen LogP contribution < -0.4 is 10.6 Å². The van der Waals surface area contributed by atoms with Crippen molar-refractivity contribution >= 4 is 5.95 Å². The Morgan fingerprint density at radius 1 is 1.31 bits per heavy atom. The Hall–Kier alpha value is -1.10. The van der Waals surface area contributed by atoms with Gasteiger partial charge in [0.1, 0.15) is 5.82 Å². The molecule has 2 rings (SSSR count). The van der Waals surface area contributed by atoms with Gasteiger partial charge in [-0.3, -0.25) is 4.57 Å². The maximum Gasteiger partial charge on any atom is 0.227 e. The van der Waals surface area contributed by atoms with Crippen molar-refractivity contribution < 1.29 is 0 Å². The smallest absolute Gasteiger partial charge is 0.227 e. The van der Waals surface area contributed by atoms with E-state index in [1.165, 1.54) is 12.8 Å². The molecule has 5 nitrogen and oxygen atoms in total. The first-order valence-corrected chi connectivity index (χ1v) is 4.66. The molecule has 1 aliphatic heterocycles. The molecule has 0 aliphatic carbocycles. The molecule has 1 aromatic heterocycles. The lowest BCUT2D eigenvalue weighted by Crippen LogP contribution is -2.22. The molecule has 2 N–H and O–H groups in total. The summed E-state index contributed by atoms with van der Waals surface area (Å²) in [6, 6.07) is 0. The average Bonchev–Trinajstić information content (AvgIpc) is 2.72. The Balaban J connectivity index is 2.24.